The fraction of sp³-hybridized carbons (Fsp3) is 0.462. The molecule has 1 atom stereocenters. The zero-order chi connectivity index (χ0) is 14.4. The third-order valence-electron chi connectivity index (χ3n) is 2.95. The summed E-state index contributed by atoms with van der Waals surface area (Å²) in [6, 6.07) is 3.68. The SMILES string of the molecule is CSCCC(C(=O)NCc1ncn(C)n1)n1cccc1. The van der Waals surface area contributed by atoms with Crippen LogP contribution in [0.2, 0.25) is 0 Å². The zero-order valence-electron chi connectivity index (χ0n) is 11.7. The summed E-state index contributed by atoms with van der Waals surface area (Å²) in [6.07, 6.45) is 8.31. The van der Waals surface area contributed by atoms with Crippen molar-refractivity contribution < 1.29 is 4.79 Å². The monoisotopic (exact) mass is 293 g/mol. The number of hydrogen-bond acceptors (Lipinski definition) is 4. The van der Waals surface area contributed by atoms with Gasteiger partial charge in [-0.05, 0) is 30.6 Å². The van der Waals surface area contributed by atoms with E-state index in [9.17, 15) is 4.79 Å². The lowest BCUT2D eigenvalue weighted by molar-refractivity contribution is -0.124. The molecule has 20 heavy (non-hydrogen) atoms. The average molecular weight is 293 g/mol. The van der Waals surface area contributed by atoms with Gasteiger partial charge in [0.2, 0.25) is 5.91 Å². The maximum absolute atomic E-state index is 12.3. The van der Waals surface area contributed by atoms with Crippen LogP contribution in [0.25, 0.3) is 0 Å². The molecule has 108 valence electrons. The minimum absolute atomic E-state index is 0.00250. The molecule has 0 aliphatic carbocycles. The van der Waals surface area contributed by atoms with Crippen molar-refractivity contribution in [3.63, 3.8) is 0 Å². The van der Waals surface area contributed by atoms with Crippen molar-refractivity contribution in [1.82, 2.24) is 24.6 Å². The largest absolute Gasteiger partial charge is 0.347 e. The Labute approximate surface area is 122 Å². The summed E-state index contributed by atoms with van der Waals surface area (Å²) in [6.45, 7) is 0.358. The van der Waals surface area contributed by atoms with Crippen molar-refractivity contribution >= 4 is 17.7 Å². The topological polar surface area (TPSA) is 64.7 Å². The fourth-order valence-electron chi connectivity index (χ4n) is 1.95. The van der Waals surface area contributed by atoms with E-state index in [4.69, 9.17) is 0 Å². The Kier molecular flexibility index (Phi) is 5.23. The highest BCUT2D eigenvalue weighted by Crippen LogP contribution is 2.15. The van der Waals surface area contributed by atoms with E-state index in [1.165, 1.54) is 0 Å². The van der Waals surface area contributed by atoms with Gasteiger partial charge in [0.1, 0.15) is 12.4 Å². The Bertz CT molecular complexity index is 537. The highest BCUT2D eigenvalue weighted by atomic mass is 32.2. The quantitative estimate of drug-likeness (QED) is 0.834. The molecule has 1 unspecified atom stereocenters. The van der Waals surface area contributed by atoms with Crippen LogP contribution in [-0.2, 0) is 18.4 Å². The van der Waals surface area contributed by atoms with Crippen molar-refractivity contribution in [2.75, 3.05) is 12.0 Å². The summed E-state index contributed by atoms with van der Waals surface area (Å²) >= 11 is 1.74. The predicted octanol–water partition coefficient (Wildman–Crippen LogP) is 1.23. The summed E-state index contributed by atoms with van der Waals surface area (Å²) in [5.74, 6) is 1.57. The maximum Gasteiger partial charge on any atom is 0.243 e. The van der Waals surface area contributed by atoms with Crippen LogP contribution in [0.3, 0.4) is 0 Å². The first-order valence-electron chi connectivity index (χ1n) is 6.44. The van der Waals surface area contributed by atoms with E-state index >= 15 is 0 Å². The molecule has 2 aromatic heterocycles. The smallest absolute Gasteiger partial charge is 0.243 e. The lowest BCUT2D eigenvalue weighted by atomic mass is 10.2. The molecule has 7 heteroatoms. The van der Waals surface area contributed by atoms with Gasteiger partial charge in [-0.1, -0.05) is 0 Å². The van der Waals surface area contributed by atoms with E-state index in [2.05, 4.69) is 15.4 Å². The second kappa shape index (κ2) is 7.14. The lowest BCUT2D eigenvalue weighted by Gasteiger charge is -2.17. The molecule has 0 spiro atoms. The van der Waals surface area contributed by atoms with Crippen molar-refractivity contribution in [1.29, 1.82) is 0 Å². The molecule has 0 bridgehead atoms. The summed E-state index contributed by atoms with van der Waals surface area (Å²) in [7, 11) is 1.80. The van der Waals surface area contributed by atoms with Crippen molar-refractivity contribution in [3.05, 3.63) is 36.7 Å². The molecule has 0 aliphatic heterocycles. The van der Waals surface area contributed by atoms with Crippen LogP contribution in [0.5, 0.6) is 0 Å². The van der Waals surface area contributed by atoms with Gasteiger partial charge in [0.05, 0.1) is 6.54 Å². The average Bonchev–Trinajstić information content (AvgIpc) is 3.08. The highest BCUT2D eigenvalue weighted by molar-refractivity contribution is 7.98. The summed E-state index contributed by atoms with van der Waals surface area (Å²) in [5.41, 5.74) is 0. The van der Waals surface area contributed by atoms with Crippen LogP contribution in [0.1, 0.15) is 18.3 Å². The first kappa shape index (κ1) is 14.6. The van der Waals surface area contributed by atoms with E-state index in [-0.39, 0.29) is 11.9 Å². The summed E-state index contributed by atoms with van der Waals surface area (Å²) < 4.78 is 3.57. The molecule has 1 N–H and O–H groups in total. The molecule has 0 saturated heterocycles. The number of nitrogens with one attached hydrogen (secondary N) is 1. The van der Waals surface area contributed by atoms with Gasteiger partial charge in [-0.2, -0.15) is 16.9 Å². The van der Waals surface area contributed by atoms with Gasteiger partial charge in [-0.15, -0.1) is 0 Å². The minimum atomic E-state index is -0.179. The van der Waals surface area contributed by atoms with Crippen molar-refractivity contribution in [2.45, 2.75) is 19.0 Å². The number of carbonyl (C=O) groups is 1. The molecule has 1 amide bonds. The molecule has 2 heterocycles. The van der Waals surface area contributed by atoms with Gasteiger partial charge >= 0.3 is 0 Å². The molecule has 0 fully saturated rings. The molecule has 0 radical (unpaired) electrons. The third-order valence-corrected chi connectivity index (χ3v) is 3.60. The van der Waals surface area contributed by atoms with Gasteiger partial charge in [0, 0.05) is 19.4 Å². The number of carbonyl (C=O) groups excluding carboxylic acids is 1. The van der Waals surface area contributed by atoms with Crippen LogP contribution < -0.4 is 5.32 Å². The maximum atomic E-state index is 12.3. The van der Waals surface area contributed by atoms with E-state index in [1.54, 1.807) is 29.8 Å². The minimum Gasteiger partial charge on any atom is -0.347 e. The Hall–Kier alpha value is -1.76. The molecular formula is C13H19N5OS. The fourth-order valence-corrected chi connectivity index (χ4v) is 2.41. The van der Waals surface area contributed by atoms with Crippen LogP contribution in [0.4, 0.5) is 0 Å². The second-order valence-corrected chi connectivity index (χ2v) is 5.47. The van der Waals surface area contributed by atoms with E-state index in [0.717, 1.165) is 12.2 Å². The zero-order valence-corrected chi connectivity index (χ0v) is 12.5. The predicted molar refractivity (Wildman–Crippen MR) is 79.3 cm³/mol. The van der Waals surface area contributed by atoms with Gasteiger partial charge < -0.3 is 9.88 Å². The molecule has 6 nitrogen and oxygen atoms in total. The molecule has 0 aliphatic rings. The summed E-state index contributed by atoms with van der Waals surface area (Å²) in [5, 5.41) is 7.05. The van der Waals surface area contributed by atoms with Crippen LogP contribution in [0.15, 0.2) is 30.9 Å². The first-order chi connectivity index (χ1) is 9.70. The van der Waals surface area contributed by atoms with E-state index in [0.29, 0.717) is 12.4 Å². The first-order valence-corrected chi connectivity index (χ1v) is 7.83. The van der Waals surface area contributed by atoms with Crippen LogP contribution in [0, 0.1) is 0 Å². The van der Waals surface area contributed by atoms with Crippen LogP contribution >= 0.6 is 11.8 Å². The summed E-state index contributed by atoms with van der Waals surface area (Å²) in [4.78, 5) is 16.4. The number of aromatic nitrogens is 4. The Morgan fingerprint density at radius 1 is 1.45 bits per heavy atom. The number of amides is 1. The van der Waals surface area contributed by atoms with Crippen molar-refractivity contribution in [3.8, 4) is 0 Å². The molecule has 0 saturated carbocycles. The third kappa shape index (κ3) is 3.86. The van der Waals surface area contributed by atoms with Gasteiger partial charge in [-0.3, -0.25) is 9.48 Å². The van der Waals surface area contributed by atoms with E-state index < -0.39 is 0 Å². The molecular weight excluding hydrogens is 274 g/mol. The Morgan fingerprint density at radius 2 is 2.20 bits per heavy atom. The number of thioether (sulfide) groups is 1. The molecule has 2 rings (SSSR count). The van der Waals surface area contributed by atoms with Gasteiger partial charge in [-0.25, -0.2) is 4.98 Å². The lowest BCUT2D eigenvalue weighted by Crippen LogP contribution is -2.32. The second-order valence-electron chi connectivity index (χ2n) is 4.48. The number of rotatable bonds is 7. The normalized spacial score (nSPS) is 12.3. The number of hydrogen-bond donors (Lipinski definition) is 1. The van der Waals surface area contributed by atoms with Crippen LogP contribution in [-0.4, -0.2) is 37.2 Å². The number of aryl methyl sites for hydroxylation is 1. The Balaban J connectivity index is 1.95. The van der Waals surface area contributed by atoms with Gasteiger partial charge in [0.25, 0.3) is 0 Å². The van der Waals surface area contributed by atoms with Crippen molar-refractivity contribution in [2.24, 2.45) is 7.05 Å². The standard InChI is InChI=1S/C13H19N5OS/c1-17-10-15-12(16-17)9-14-13(19)11(5-8-20-2)18-6-3-4-7-18/h3-4,6-7,10-11H,5,8-9H2,1-2H3,(H,14,19). The number of nitrogens with zero attached hydrogens (tertiary/aromatic N) is 4. The molecule has 0 aromatic carbocycles. The highest BCUT2D eigenvalue weighted by Gasteiger charge is 2.19. The molecule has 2 aromatic rings. The van der Waals surface area contributed by atoms with E-state index in [1.807, 2.05) is 35.3 Å². The van der Waals surface area contributed by atoms with Gasteiger partial charge in [0.15, 0.2) is 5.82 Å². The Morgan fingerprint density at radius 3 is 2.80 bits per heavy atom.